The van der Waals surface area contributed by atoms with E-state index < -0.39 is 6.04 Å². The van der Waals surface area contributed by atoms with Crippen LogP contribution in [0.1, 0.15) is 41.7 Å². The monoisotopic (exact) mass is 362 g/mol. The first-order chi connectivity index (χ1) is 13.2. The second-order valence-electron chi connectivity index (χ2n) is 7.01. The molecule has 3 heterocycles. The van der Waals surface area contributed by atoms with Crippen molar-refractivity contribution >= 4 is 17.4 Å². The summed E-state index contributed by atoms with van der Waals surface area (Å²) in [6.07, 6.45) is 2.76. The molecule has 0 saturated carbocycles. The topological polar surface area (TPSA) is 93.2 Å². The van der Waals surface area contributed by atoms with Gasteiger partial charge in [0.1, 0.15) is 11.8 Å². The number of anilines is 2. The highest BCUT2D eigenvalue weighted by Crippen LogP contribution is 2.43. The summed E-state index contributed by atoms with van der Waals surface area (Å²) in [5, 5.41) is 14.3. The zero-order valence-corrected chi connectivity index (χ0v) is 14.7. The van der Waals surface area contributed by atoms with Gasteiger partial charge in [-0.2, -0.15) is 0 Å². The van der Waals surface area contributed by atoms with Crippen LogP contribution in [0.15, 0.2) is 63.0 Å². The summed E-state index contributed by atoms with van der Waals surface area (Å²) in [4.78, 5) is 13.2. The molecule has 2 aliphatic rings. The highest BCUT2D eigenvalue weighted by molar-refractivity contribution is 6.00. The van der Waals surface area contributed by atoms with Crippen molar-refractivity contribution in [1.29, 1.82) is 0 Å². The Balaban J connectivity index is 1.59. The highest BCUT2D eigenvalue weighted by Gasteiger charge is 2.38. The second-order valence-corrected chi connectivity index (χ2v) is 7.01. The summed E-state index contributed by atoms with van der Waals surface area (Å²) in [5.41, 5.74) is 3.86. The fourth-order valence-corrected chi connectivity index (χ4v) is 3.93. The van der Waals surface area contributed by atoms with E-state index in [0.717, 1.165) is 5.70 Å². The maximum absolute atomic E-state index is 13.2. The molecule has 0 saturated heterocycles. The molecule has 1 aliphatic heterocycles. The molecule has 0 spiro atoms. The first-order valence-electron chi connectivity index (χ1n) is 8.91. The standard InChI is InChI=1S/C20H18N4O3/c1-11-4-2-5-12(8-11)13-9-14-17(15(25)10-13)18(16-6-3-7-26-16)22-20-19(21-14)23-27-24-20/h2-8,13,18H,9-10H2,1H3,(H,21,23)(H,22,24). The quantitative estimate of drug-likeness (QED) is 0.713. The molecule has 0 fully saturated rings. The maximum atomic E-state index is 13.2. The van der Waals surface area contributed by atoms with E-state index in [9.17, 15) is 4.79 Å². The number of benzene rings is 1. The number of Topliss-reactive ketones (excluding diaryl/α,β-unsaturated/α-hetero) is 1. The molecule has 0 radical (unpaired) electrons. The molecule has 3 aromatic rings. The van der Waals surface area contributed by atoms with Crippen LogP contribution in [0, 0.1) is 6.92 Å². The van der Waals surface area contributed by atoms with Crippen molar-refractivity contribution in [2.24, 2.45) is 0 Å². The van der Waals surface area contributed by atoms with Crippen LogP contribution in [-0.2, 0) is 4.79 Å². The fraction of sp³-hybridized carbons (Fsp3) is 0.250. The van der Waals surface area contributed by atoms with Gasteiger partial charge in [-0.1, -0.05) is 29.8 Å². The van der Waals surface area contributed by atoms with E-state index in [0.29, 0.717) is 35.8 Å². The smallest absolute Gasteiger partial charge is 0.219 e. The Bertz CT molecular complexity index is 1040. The molecule has 7 heteroatoms. The van der Waals surface area contributed by atoms with Crippen molar-refractivity contribution in [3.63, 3.8) is 0 Å². The molecule has 2 aromatic heterocycles. The number of fused-ring (bicyclic) bond motifs is 1. The third kappa shape index (κ3) is 2.71. The summed E-state index contributed by atoms with van der Waals surface area (Å²) in [5.74, 6) is 1.80. The Kier molecular flexibility index (Phi) is 3.60. The first kappa shape index (κ1) is 15.9. The van der Waals surface area contributed by atoms with Gasteiger partial charge in [0.2, 0.25) is 11.6 Å². The van der Waals surface area contributed by atoms with Gasteiger partial charge in [-0.25, -0.2) is 4.63 Å². The summed E-state index contributed by atoms with van der Waals surface area (Å²) < 4.78 is 10.4. The van der Waals surface area contributed by atoms with Crippen LogP contribution in [0.25, 0.3) is 0 Å². The predicted octanol–water partition coefficient (Wildman–Crippen LogP) is 3.95. The van der Waals surface area contributed by atoms with E-state index in [1.54, 1.807) is 12.3 Å². The lowest BCUT2D eigenvalue weighted by Gasteiger charge is -2.28. The number of hydrogen-bond donors (Lipinski definition) is 2. The molecule has 2 atom stereocenters. The van der Waals surface area contributed by atoms with Crippen molar-refractivity contribution in [3.8, 4) is 0 Å². The van der Waals surface area contributed by atoms with Crippen LogP contribution in [-0.4, -0.2) is 16.1 Å². The van der Waals surface area contributed by atoms with Gasteiger partial charge >= 0.3 is 0 Å². The minimum atomic E-state index is -0.429. The van der Waals surface area contributed by atoms with Gasteiger partial charge in [0.05, 0.1) is 6.26 Å². The summed E-state index contributed by atoms with van der Waals surface area (Å²) in [6, 6.07) is 11.5. The summed E-state index contributed by atoms with van der Waals surface area (Å²) in [6.45, 7) is 2.06. The second kappa shape index (κ2) is 6.12. The zero-order valence-electron chi connectivity index (χ0n) is 14.7. The number of allylic oxidation sites excluding steroid dienone is 1. The zero-order chi connectivity index (χ0) is 18.4. The van der Waals surface area contributed by atoms with Crippen molar-refractivity contribution in [2.45, 2.75) is 31.7 Å². The van der Waals surface area contributed by atoms with Gasteiger partial charge in [-0.05, 0) is 47.3 Å². The number of rotatable bonds is 2. The van der Waals surface area contributed by atoms with E-state index >= 15 is 0 Å². The number of nitrogens with one attached hydrogen (secondary N) is 2. The molecule has 1 aliphatic carbocycles. The van der Waals surface area contributed by atoms with Crippen LogP contribution < -0.4 is 10.6 Å². The normalized spacial score (nSPS) is 21.7. The molecule has 1 aromatic carbocycles. The van der Waals surface area contributed by atoms with Crippen molar-refractivity contribution in [2.75, 3.05) is 10.6 Å². The average Bonchev–Trinajstić information content (AvgIpc) is 3.30. The lowest BCUT2D eigenvalue weighted by Crippen LogP contribution is -2.26. The van der Waals surface area contributed by atoms with E-state index in [-0.39, 0.29) is 11.7 Å². The van der Waals surface area contributed by atoms with Crippen LogP contribution in [0.4, 0.5) is 11.6 Å². The first-order valence-corrected chi connectivity index (χ1v) is 8.91. The Morgan fingerprint density at radius 2 is 2.00 bits per heavy atom. The number of carbonyl (C=O) groups excluding carboxylic acids is 1. The van der Waals surface area contributed by atoms with Crippen molar-refractivity contribution in [1.82, 2.24) is 10.3 Å². The van der Waals surface area contributed by atoms with Crippen LogP contribution in [0.5, 0.6) is 0 Å². The number of aryl methyl sites for hydroxylation is 1. The summed E-state index contributed by atoms with van der Waals surface area (Å²) >= 11 is 0. The SMILES string of the molecule is Cc1cccc(C2CC(=O)C3=C(C2)Nc2nonc2NC3c2ccco2)c1. The molecular formula is C20H18N4O3. The Morgan fingerprint density at radius 3 is 2.81 bits per heavy atom. The lowest BCUT2D eigenvalue weighted by molar-refractivity contribution is -0.116. The van der Waals surface area contributed by atoms with Crippen molar-refractivity contribution in [3.05, 3.63) is 70.8 Å². The number of nitrogens with zero attached hydrogens (tertiary/aromatic N) is 2. The number of furan rings is 1. The largest absolute Gasteiger partial charge is 0.467 e. The van der Waals surface area contributed by atoms with Gasteiger partial charge in [-0.3, -0.25) is 4.79 Å². The van der Waals surface area contributed by atoms with Crippen LogP contribution >= 0.6 is 0 Å². The minimum absolute atomic E-state index is 0.0891. The van der Waals surface area contributed by atoms with E-state index in [2.05, 4.69) is 46.1 Å². The summed E-state index contributed by atoms with van der Waals surface area (Å²) in [7, 11) is 0. The van der Waals surface area contributed by atoms with Crippen molar-refractivity contribution < 1.29 is 13.8 Å². The highest BCUT2D eigenvalue weighted by atomic mass is 16.6. The molecule has 2 unspecified atom stereocenters. The molecular weight excluding hydrogens is 344 g/mol. The maximum Gasteiger partial charge on any atom is 0.219 e. The van der Waals surface area contributed by atoms with Crippen LogP contribution in [0.3, 0.4) is 0 Å². The van der Waals surface area contributed by atoms with E-state index in [1.165, 1.54) is 11.1 Å². The fourth-order valence-electron chi connectivity index (χ4n) is 3.93. The average molecular weight is 362 g/mol. The molecule has 0 amide bonds. The predicted molar refractivity (Wildman–Crippen MR) is 98.2 cm³/mol. The Labute approximate surface area is 155 Å². The third-order valence-corrected chi connectivity index (χ3v) is 5.18. The minimum Gasteiger partial charge on any atom is -0.467 e. The van der Waals surface area contributed by atoms with Gasteiger partial charge in [0, 0.05) is 17.7 Å². The molecule has 27 heavy (non-hydrogen) atoms. The molecule has 0 bridgehead atoms. The van der Waals surface area contributed by atoms with Gasteiger partial charge in [-0.15, -0.1) is 0 Å². The van der Waals surface area contributed by atoms with Crippen LogP contribution in [0.2, 0.25) is 0 Å². The van der Waals surface area contributed by atoms with Gasteiger partial charge < -0.3 is 15.1 Å². The molecule has 5 rings (SSSR count). The Hall–Kier alpha value is -3.35. The molecule has 136 valence electrons. The number of hydrogen-bond acceptors (Lipinski definition) is 7. The number of carbonyl (C=O) groups is 1. The Morgan fingerprint density at radius 1 is 1.11 bits per heavy atom. The number of ketones is 1. The molecule has 7 nitrogen and oxygen atoms in total. The van der Waals surface area contributed by atoms with E-state index in [1.807, 2.05) is 12.1 Å². The third-order valence-electron chi connectivity index (χ3n) is 5.18. The number of aromatic nitrogens is 2. The van der Waals surface area contributed by atoms with Gasteiger partial charge in [0.15, 0.2) is 5.78 Å². The van der Waals surface area contributed by atoms with E-state index in [4.69, 9.17) is 9.05 Å². The molecule has 2 N–H and O–H groups in total. The van der Waals surface area contributed by atoms with Gasteiger partial charge in [0.25, 0.3) is 0 Å². The lowest BCUT2D eigenvalue weighted by atomic mass is 9.79.